The van der Waals surface area contributed by atoms with Gasteiger partial charge in [-0.2, -0.15) is 0 Å². The lowest BCUT2D eigenvalue weighted by Gasteiger charge is -2.16. The normalized spacial score (nSPS) is 11.8. The zero-order valence-electron chi connectivity index (χ0n) is 15.4. The Hall–Kier alpha value is -2.72. The maximum atomic E-state index is 12.5. The number of halogens is 1. The Labute approximate surface area is 164 Å². The van der Waals surface area contributed by atoms with Crippen LogP contribution < -0.4 is 10.1 Å². The average molecular weight is 384 g/mol. The zero-order chi connectivity index (χ0) is 19.2. The van der Waals surface area contributed by atoms with Crippen molar-refractivity contribution in [3.63, 3.8) is 0 Å². The summed E-state index contributed by atoms with van der Waals surface area (Å²) in [7, 11) is 0. The minimum atomic E-state index is -0.237. The molecule has 0 bridgehead atoms. The van der Waals surface area contributed by atoms with Gasteiger partial charge in [0, 0.05) is 5.02 Å². The van der Waals surface area contributed by atoms with Crippen LogP contribution in [0.3, 0.4) is 0 Å². The maximum absolute atomic E-state index is 12.5. The average Bonchev–Trinajstić information content (AvgIpc) is 3.17. The molecule has 0 aliphatic carbocycles. The Morgan fingerprint density at radius 1 is 1.15 bits per heavy atom. The summed E-state index contributed by atoms with van der Waals surface area (Å²) in [5.74, 6) is 1.32. The van der Waals surface area contributed by atoms with E-state index in [2.05, 4.69) is 5.32 Å². The second-order valence-corrected chi connectivity index (χ2v) is 6.72. The molecule has 0 radical (unpaired) electrons. The van der Waals surface area contributed by atoms with Crippen LogP contribution in [0.2, 0.25) is 5.02 Å². The maximum Gasteiger partial charge on any atom is 0.287 e. The van der Waals surface area contributed by atoms with Crippen LogP contribution in [0.1, 0.15) is 46.8 Å². The van der Waals surface area contributed by atoms with E-state index in [-0.39, 0.29) is 24.3 Å². The largest absolute Gasteiger partial charge is 0.486 e. The van der Waals surface area contributed by atoms with Gasteiger partial charge in [0.25, 0.3) is 5.91 Å². The number of aryl methyl sites for hydroxylation is 1. The molecule has 3 aromatic rings. The second kappa shape index (κ2) is 8.78. The molecule has 0 fully saturated rings. The van der Waals surface area contributed by atoms with Crippen molar-refractivity contribution in [2.45, 2.75) is 32.9 Å². The number of nitrogens with one attached hydrogen (secondary N) is 1. The Morgan fingerprint density at radius 2 is 1.93 bits per heavy atom. The van der Waals surface area contributed by atoms with Crippen molar-refractivity contribution in [2.24, 2.45) is 0 Å². The summed E-state index contributed by atoms with van der Waals surface area (Å²) in [5, 5.41) is 3.71. The summed E-state index contributed by atoms with van der Waals surface area (Å²) in [6, 6.07) is 18.7. The SMILES string of the molecule is CCC(NC(=O)c1ccc(COc2ccc(Cl)c(C)c2)o1)c1ccccc1. The van der Waals surface area contributed by atoms with Gasteiger partial charge in [0.05, 0.1) is 6.04 Å². The first-order chi connectivity index (χ1) is 13.1. The Kier molecular flexibility index (Phi) is 6.20. The molecule has 0 saturated carbocycles. The molecular weight excluding hydrogens is 362 g/mol. The summed E-state index contributed by atoms with van der Waals surface area (Å²) >= 11 is 6.02. The second-order valence-electron chi connectivity index (χ2n) is 6.31. The van der Waals surface area contributed by atoms with Gasteiger partial charge >= 0.3 is 0 Å². The lowest BCUT2D eigenvalue weighted by Crippen LogP contribution is -2.27. The smallest absolute Gasteiger partial charge is 0.287 e. The van der Waals surface area contributed by atoms with Crippen LogP contribution in [0.5, 0.6) is 5.75 Å². The summed E-state index contributed by atoms with van der Waals surface area (Å²) in [6.45, 7) is 4.19. The van der Waals surface area contributed by atoms with Gasteiger partial charge in [-0.1, -0.05) is 48.9 Å². The number of hydrogen-bond acceptors (Lipinski definition) is 3. The van der Waals surface area contributed by atoms with E-state index in [1.807, 2.05) is 50.2 Å². The molecule has 1 heterocycles. The fourth-order valence-corrected chi connectivity index (χ4v) is 2.89. The van der Waals surface area contributed by atoms with E-state index < -0.39 is 0 Å². The van der Waals surface area contributed by atoms with E-state index in [1.165, 1.54) is 0 Å². The Balaban J connectivity index is 1.60. The number of carbonyl (C=O) groups is 1. The monoisotopic (exact) mass is 383 g/mol. The first kappa shape index (κ1) is 19.1. The number of furan rings is 1. The van der Waals surface area contributed by atoms with Crippen molar-refractivity contribution in [3.05, 3.63) is 88.3 Å². The third-order valence-electron chi connectivity index (χ3n) is 4.31. The molecule has 0 aliphatic heterocycles. The molecule has 1 aromatic heterocycles. The number of benzene rings is 2. The van der Waals surface area contributed by atoms with Gasteiger partial charge in [-0.05, 0) is 54.8 Å². The van der Waals surface area contributed by atoms with Gasteiger partial charge in [-0.15, -0.1) is 0 Å². The molecule has 0 saturated heterocycles. The van der Waals surface area contributed by atoms with Crippen molar-refractivity contribution >= 4 is 17.5 Å². The molecule has 27 heavy (non-hydrogen) atoms. The van der Waals surface area contributed by atoms with Crippen LogP contribution in [-0.2, 0) is 6.61 Å². The quantitative estimate of drug-likeness (QED) is 0.569. The summed E-state index contributed by atoms with van der Waals surface area (Å²) < 4.78 is 11.3. The van der Waals surface area contributed by atoms with E-state index in [0.29, 0.717) is 16.5 Å². The molecule has 0 spiro atoms. The Morgan fingerprint density at radius 3 is 2.63 bits per heavy atom. The summed E-state index contributed by atoms with van der Waals surface area (Å²) in [5.41, 5.74) is 2.02. The molecule has 0 aliphatic rings. The molecule has 5 heteroatoms. The molecule has 3 rings (SSSR count). The van der Waals surface area contributed by atoms with Crippen molar-refractivity contribution < 1.29 is 13.9 Å². The molecule has 1 unspecified atom stereocenters. The first-order valence-electron chi connectivity index (χ1n) is 8.90. The van der Waals surface area contributed by atoms with Crippen LogP contribution in [0.25, 0.3) is 0 Å². The number of hydrogen-bond donors (Lipinski definition) is 1. The molecule has 4 nitrogen and oxygen atoms in total. The lowest BCUT2D eigenvalue weighted by molar-refractivity contribution is 0.0903. The highest BCUT2D eigenvalue weighted by Crippen LogP contribution is 2.22. The zero-order valence-corrected chi connectivity index (χ0v) is 16.1. The molecule has 2 aromatic carbocycles. The topological polar surface area (TPSA) is 51.5 Å². The van der Waals surface area contributed by atoms with Crippen LogP contribution in [0.4, 0.5) is 0 Å². The van der Waals surface area contributed by atoms with Crippen molar-refractivity contribution in [1.82, 2.24) is 5.32 Å². The highest BCUT2D eigenvalue weighted by atomic mass is 35.5. The highest BCUT2D eigenvalue weighted by Gasteiger charge is 2.17. The van der Waals surface area contributed by atoms with E-state index in [1.54, 1.807) is 24.3 Å². The number of amides is 1. The first-order valence-corrected chi connectivity index (χ1v) is 9.28. The van der Waals surface area contributed by atoms with Gasteiger partial charge in [0.2, 0.25) is 0 Å². The Bertz CT molecular complexity index is 905. The summed E-state index contributed by atoms with van der Waals surface area (Å²) in [4.78, 5) is 12.5. The van der Waals surface area contributed by atoms with Crippen molar-refractivity contribution in [3.8, 4) is 5.75 Å². The van der Waals surface area contributed by atoms with Gasteiger partial charge < -0.3 is 14.5 Å². The van der Waals surface area contributed by atoms with Crippen LogP contribution in [0, 0.1) is 6.92 Å². The van der Waals surface area contributed by atoms with E-state index in [9.17, 15) is 4.79 Å². The fraction of sp³-hybridized carbons (Fsp3) is 0.227. The number of ether oxygens (including phenoxy) is 1. The van der Waals surface area contributed by atoms with E-state index >= 15 is 0 Å². The van der Waals surface area contributed by atoms with Crippen LogP contribution in [0.15, 0.2) is 65.1 Å². The van der Waals surface area contributed by atoms with E-state index in [0.717, 1.165) is 17.5 Å². The molecular formula is C22H22ClNO3. The minimum absolute atomic E-state index is 0.0551. The summed E-state index contributed by atoms with van der Waals surface area (Å²) in [6.07, 6.45) is 0.794. The predicted molar refractivity (Wildman–Crippen MR) is 106 cm³/mol. The predicted octanol–water partition coefficient (Wildman–Crippen LogP) is 5.70. The fourth-order valence-electron chi connectivity index (χ4n) is 2.77. The standard InChI is InChI=1S/C22H22ClNO3/c1-3-20(16-7-5-4-6-8-16)24-22(25)21-12-10-18(27-21)14-26-17-9-11-19(23)15(2)13-17/h4-13,20H,3,14H2,1-2H3,(H,24,25). The van der Waals surface area contributed by atoms with Crippen molar-refractivity contribution in [2.75, 3.05) is 0 Å². The third kappa shape index (κ3) is 4.92. The van der Waals surface area contributed by atoms with E-state index in [4.69, 9.17) is 20.8 Å². The number of rotatable bonds is 7. The van der Waals surface area contributed by atoms with Crippen molar-refractivity contribution in [1.29, 1.82) is 0 Å². The van der Waals surface area contributed by atoms with Gasteiger partial charge in [-0.3, -0.25) is 4.79 Å². The molecule has 1 atom stereocenters. The van der Waals surface area contributed by atoms with Crippen LogP contribution in [-0.4, -0.2) is 5.91 Å². The third-order valence-corrected chi connectivity index (χ3v) is 4.74. The van der Waals surface area contributed by atoms with Gasteiger partial charge in [-0.25, -0.2) is 0 Å². The molecule has 1 amide bonds. The molecule has 1 N–H and O–H groups in total. The number of carbonyl (C=O) groups excluding carboxylic acids is 1. The van der Waals surface area contributed by atoms with Gasteiger partial charge in [0.15, 0.2) is 5.76 Å². The molecule has 140 valence electrons. The minimum Gasteiger partial charge on any atom is -0.486 e. The highest BCUT2D eigenvalue weighted by molar-refractivity contribution is 6.31. The van der Waals surface area contributed by atoms with Crippen LogP contribution >= 0.6 is 11.6 Å². The van der Waals surface area contributed by atoms with Gasteiger partial charge in [0.1, 0.15) is 18.1 Å². The lowest BCUT2D eigenvalue weighted by atomic mass is 10.0.